The van der Waals surface area contributed by atoms with E-state index >= 15 is 0 Å². The summed E-state index contributed by atoms with van der Waals surface area (Å²) in [5.74, 6) is 0.656. The van der Waals surface area contributed by atoms with Crippen LogP contribution in [-0.2, 0) is 9.84 Å². The third-order valence-corrected chi connectivity index (χ3v) is 6.78. The average Bonchev–Trinajstić information content (AvgIpc) is 3.10. The number of nitrogens with one attached hydrogen (secondary N) is 1. The summed E-state index contributed by atoms with van der Waals surface area (Å²) in [6.45, 7) is 0.384. The lowest BCUT2D eigenvalue weighted by Gasteiger charge is -2.10. The predicted octanol–water partition coefficient (Wildman–Crippen LogP) is 3.56. The summed E-state index contributed by atoms with van der Waals surface area (Å²) in [6.07, 6.45) is 4.86. The van der Waals surface area contributed by atoms with Crippen LogP contribution in [0.4, 0.5) is 0 Å². The Kier molecular flexibility index (Phi) is 5.74. The summed E-state index contributed by atoms with van der Waals surface area (Å²) in [4.78, 5) is 12.2. The smallest absolute Gasteiger partial charge is 0.251 e. The van der Waals surface area contributed by atoms with Crippen LogP contribution in [0, 0.1) is 5.92 Å². The molecule has 1 aliphatic carbocycles. The van der Waals surface area contributed by atoms with E-state index < -0.39 is 9.84 Å². The lowest BCUT2D eigenvalue weighted by molar-refractivity contribution is 0.0954. The topological polar surface area (TPSA) is 63.2 Å². The second-order valence-electron chi connectivity index (χ2n) is 6.94. The molecular formula is C20H25NO3S. The van der Waals surface area contributed by atoms with Crippen molar-refractivity contribution in [3.63, 3.8) is 0 Å². The zero-order chi connectivity index (χ0) is 17.7. The molecule has 1 N–H and O–H groups in total. The van der Waals surface area contributed by atoms with Crippen molar-refractivity contribution < 1.29 is 13.2 Å². The molecule has 25 heavy (non-hydrogen) atoms. The van der Waals surface area contributed by atoms with Gasteiger partial charge in [0.25, 0.3) is 5.91 Å². The summed E-state index contributed by atoms with van der Waals surface area (Å²) >= 11 is 0. The molecule has 1 fully saturated rings. The maximum atomic E-state index is 12.2. The number of sulfone groups is 1. The molecule has 2 aromatic rings. The first-order valence-electron chi connectivity index (χ1n) is 9.01. The lowest BCUT2D eigenvalue weighted by atomic mass is 10.1. The molecule has 0 heterocycles. The molecule has 4 nitrogen and oxygen atoms in total. The second-order valence-corrected chi connectivity index (χ2v) is 9.16. The van der Waals surface area contributed by atoms with Gasteiger partial charge in [0.05, 0.1) is 11.5 Å². The fourth-order valence-electron chi connectivity index (χ4n) is 3.55. The Labute approximate surface area is 149 Å². The molecule has 0 aromatic heterocycles. The van der Waals surface area contributed by atoms with Gasteiger partial charge in [0.2, 0.25) is 0 Å². The van der Waals surface area contributed by atoms with Gasteiger partial charge in [-0.15, -0.1) is 0 Å². The van der Waals surface area contributed by atoms with Gasteiger partial charge in [-0.1, -0.05) is 43.2 Å². The Balaban J connectivity index is 1.46. The van der Waals surface area contributed by atoms with Gasteiger partial charge in [0, 0.05) is 12.1 Å². The Bertz CT molecular complexity index is 839. The molecule has 0 unspecified atom stereocenters. The zero-order valence-electron chi connectivity index (χ0n) is 14.4. The molecule has 134 valence electrons. The van der Waals surface area contributed by atoms with E-state index in [1.807, 2.05) is 36.4 Å². The molecular weight excluding hydrogens is 334 g/mol. The molecule has 3 rings (SSSR count). The molecule has 1 saturated carbocycles. The summed E-state index contributed by atoms with van der Waals surface area (Å²) in [6, 6.07) is 13.5. The van der Waals surface area contributed by atoms with Crippen LogP contribution in [0.2, 0.25) is 0 Å². The van der Waals surface area contributed by atoms with E-state index in [0.29, 0.717) is 30.2 Å². The molecule has 5 heteroatoms. The van der Waals surface area contributed by atoms with Crippen molar-refractivity contribution in [3.8, 4) is 0 Å². The molecule has 0 bridgehead atoms. The van der Waals surface area contributed by atoms with Gasteiger partial charge < -0.3 is 5.32 Å². The predicted molar refractivity (Wildman–Crippen MR) is 102 cm³/mol. The molecule has 1 amide bonds. The van der Waals surface area contributed by atoms with Crippen molar-refractivity contribution in [2.24, 2.45) is 5.92 Å². The number of amides is 1. The number of carbonyl (C=O) groups is 1. The number of rotatable bonds is 7. The van der Waals surface area contributed by atoms with E-state index in [0.717, 1.165) is 36.5 Å². The van der Waals surface area contributed by atoms with Gasteiger partial charge in [0.15, 0.2) is 9.84 Å². The summed E-state index contributed by atoms with van der Waals surface area (Å²) in [7, 11) is -3.01. The number of fused-ring (bicyclic) bond motifs is 1. The van der Waals surface area contributed by atoms with Crippen LogP contribution in [-0.4, -0.2) is 32.4 Å². The molecule has 0 aliphatic heterocycles. The van der Waals surface area contributed by atoms with E-state index in [1.54, 1.807) is 6.07 Å². The van der Waals surface area contributed by atoms with E-state index in [1.165, 1.54) is 0 Å². The summed E-state index contributed by atoms with van der Waals surface area (Å²) < 4.78 is 24.3. The molecule has 2 aromatic carbocycles. The van der Waals surface area contributed by atoms with Crippen molar-refractivity contribution in [1.29, 1.82) is 0 Å². The normalized spacial score (nSPS) is 15.5. The quantitative estimate of drug-likeness (QED) is 0.769. The number of benzene rings is 2. The van der Waals surface area contributed by atoms with Crippen molar-refractivity contribution >= 4 is 26.5 Å². The Morgan fingerprint density at radius 3 is 2.52 bits per heavy atom. The fourth-order valence-corrected chi connectivity index (χ4v) is 5.35. The van der Waals surface area contributed by atoms with Crippen molar-refractivity contribution in [2.45, 2.75) is 32.1 Å². The van der Waals surface area contributed by atoms with Crippen LogP contribution in [0.3, 0.4) is 0 Å². The molecule has 1 aliphatic rings. The number of carbonyl (C=O) groups excluding carboxylic acids is 1. The third kappa shape index (κ3) is 5.05. The largest absolute Gasteiger partial charge is 0.352 e. The van der Waals surface area contributed by atoms with Crippen LogP contribution in [0.15, 0.2) is 42.5 Å². The first-order chi connectivity index (χ1) is 12.0. The van der Waals surface area contributed by atoms with Crippen LogP contribution in [0.1, 0.15) is 42.5 Å². The number of hydrogen-bond donors (Lipinski definition) is 1. The highest BCUT2D eigenvalue weighted by Crippen LogP contribution is 2.26. The first kappa shape index (κ1) is 17.9. The summed E-state index contributed by atoms with van der Waals surface area (Å²) in [5.41, 5.74) is 0.604. The van der Waals surface area contributed by atoms with Crippen LogP contribution in [0.25, 0.3) is 10.8 Å². The van der Waals surface area contributed by atoms with Gasteiger partial charge in [-0.05, 0) is 48.1 Å². The van der Waals surface area contributed by atoms with Crippen molar-refractivity contribution in [2.75, 3.05) is 18.1 Å². The van der Waals surface area contributed by atoms with Gasteiger partial charge >= 0.3 is 0 Å². The van der Waals surface area contributed by atoms with Gasteiger partial charge in [-0.25, -0.2) is 8.42 Å². The standard InChI is InChI=1S/C20H25NO3S/c22-20(19-11-10-17-8-3-4-9-18(17)14-19)21-12-5-13-25(23,24)15-16-6-1-2-7-16/h3-4,8-11,14,16H,1-2,5-7,12-13,15H2,(H,21,22). The van der Waals surface area contributed by atoms with Crippen molar-refractivity contribution in [1.82, 2.24) is 5.32 Å². The third-order valence-electron chi connectivity index (χ3n) is 4.89. The number of hydrogen-bond acceptors (Lipinski definition) is 3. The molecule has 0 radical (unpaired) electrons. The average molecular weight is 359 g/mol. The molecule has 0 atom stereocenters. The maximum absolute atomic E-state index is 12.2. The monoisotopic (exact) mass is 359 g/mol. The van der Waals surface area contributed by atoms with E-state index in [-0.39, 0.29) is 11.7 Å². The van der Waals surface area contributed by atoms with Gasteiger partial charge in [-0.2, -0.15) is 0 Å². The SMILES string of the molecule is O=C(NCCCS(=O)(=O)CC1CCCC1)c1ccc2ccccc2c1. The minimum atomic E-state index is -3.01. The summed E-state index contributed by atoms with van der Waals surface area (Å²) in [5, 5.41) is 4.94. The fraction of sp³-hybridized carbons (Fsp3) is 0.450. The highest BCUT2D eigenvalue weighted by Gasteiger charge is 2.22. The highest BCUT2D eigenvalue weighted by molar-refractivity contribution is 7.91. The first-order valence-corrected chi connectivity index (χ1v) is 10.8. The lowest BCUT2D eigenvalue weighted by Crippen LogP contribution is -2.27. The highest BCUT2D eigenvalue weighted by atomic mass is 32.2. The van der Waals surface area contributed by atoms with Crippen molar-refractivity contribution in [3.05, 3.63) is 48.0 Å². The molecule has 0 saturated heterocycles. The zero-order valence-corrected chi connectivity index (χ0v) is 15.2. The second kappa shape index (κ2) is 8.00. The molecule has 0 spiro atoms. The van der Waals surface area contributed by atoms with Gasteiger partial charge in [0.1, 0.15) is 0 Å². The van der Waals surface area contributed by atoms with Gasteiger partial charge in [-0.3, -0.25) is 4.79 Å². The minimum absolute atomic E-state index is 0.154. The van der Waals surface area contributed by atoms with E-state index in [4.69, 9.17) is 0 Å². The van der Waals surface area contributed by atoms with Crippen LogP contribution in [0.5, 0.6) is 0 Å². The Hall–Kier alpha value is -1.88. The Morgan fingerprint density at radius 1 is 1.04 bits per heavy atom. The maximum Gasteiger partial charge on any atom is 0.251 e. The van der Waals surface area contributed by atoms with E-state index in [2.05, 4.69) is 5.32 Å². The van der Waals surface area contributed by atoms with E-state index in [9.17, 15) is 13.2 Å². The Morgan fingerprint density at radius 2 is 1.76 bits per heavy atom. The van der Waals surface area contributed by atoms with Crippen LogP contribution < -0.4 is 5.32 Å². The van der Waals surface area contributed by atoms with Crippen LogP contribution >= 0.6 is 0 Å². The minimum Gasteiger partial charge on any atom is -0.352 e.